The quantitative estimate of drug-likeness (QED) is 0.898. The third kappa shape index (κ3) is 4.69. The fraction of sp³-hybridized carbons (Fsp3) is 0.600. The van der Waals surface area contributed by atoms with Crippen molar-refractivity contribution in [2.75, 3.05) is 26.2 Å². The Morgan fingerprint density at radius 1 is 1.15 bits per heavy atom. The van der Waals surface area contributed by atoms with Crippen molar-refractivity contribution in [3.63, 3.8) is 0 Å². The summed E-state index contributed by atoms with van der Waals surface area (Å²) in [4.78, 5) is 2.17. The smallest absolute Gasteiger partial charge is 0.240 e. The first-order valence-corrected chi connectivity index (χ1v) is 7.02. The van der Waals surface area contributed by atoms with Gasteiger partial charge in [-0.2, -0.15) is 0 Å². The van der Waals surface area contributed by atoms with Crippen LogP contribution in [0.1, 0.15) is 30.5 Å². The van der Waals surface area contributed by atoms with E-state index in [2.05, 4.69) is 29.3 Å². The summed E-state index contributed by atoms with van der Waals surface area (Å²) in [7, 11) is 0. The number of hydrogen-bond donors (Lipinski definition) is 1. The van der Waals surface area contributed by atoms with Crippen LogP contribution in [0.3, 0.4) is 0 Å². The summed E-state index contributed by atoms with van der Waals surface area (Å²) in [6, 6.07) is 7.96. The maximum Gasteiger partial charge on any atom is 0.240 e. The van der Waals surface area contributed by atoms with Crippen LogP contribution >= 0.6 is 12.4 Å². The molecular weight excluding hydrogens is 282 g/mol. The van der Waals surface area contributed by atoms with Crippen LogP contribution in [-0.4, -0.2) is 37.5 Å². The van der Waals surface area contributed by atoms with Gasteiger partial charge in [0, 0.05) is 38.6 Å². The molecule has 1 aromatic carbocycles. The van der Waals surface area contributed by atoms with Gasteiger partial charge in [-0.05, 0) is 17.5 Å². The molecule has 0 aliphatic carbocycles. The van der Waals surface area contributed by atoms with Gasteiger partial charge in [0.1, 0.15) is 0 Å². The van der Waals surface area contributed by atoms with Crippen LogP contribution in [-0.2, 0) is 6.42 Å². The summed E-state index contributed by atoms with van der Waals surface area (Å²) in [5.41, 5.74) is 2.26. The molecule has 1 saturated heterocycles. The minimum Gasteiger partial charge on any atom is -0.314 e. The first-order valence-electron chi connectivity index (χ1n) is 7.02. The molecule has 0 spiro atoms. The van der Waals surface area contributed by atoms with E-state index in [0.717, 1.165) is 38.2 Å². The van der Waals surface area contributed by atoms with E-state index in [-0.39, 0.29) is 24.9 Å². The molecule has 5 heteroatoms. The highest BCUT2D eigenvalue weighted by Crippen LogP contribution is 2.27. The Hall–Kier alpha value is -0.710. The topological polar surface area (TPSA) is 15.3 Å². The minimum atomic E-state index is -2.26. The number of piperazine rings is 1. The largest absolute Gasteiger partial charge is 0.314 e. The molecule has 0 radical (unpaired) electrons. The van der Waals surface area contributed by atoms with Crippen LogP contribution in [0, 0.1) is 0 Å². The lowest BCUT2D eigenvalue weighted by Gasteiger charge is -2.35. The Morgan fingerprint density at radius 3 is 2.25 bits per heavy atom. The number of aryl methyl sites for hydroxylation is 1. The molecule has 0 amide bonds. The lowest BCUT2D eigenvalue weighted by atomic mass is 9.99. The molecule has 20 heavy (non-hydrogen) atoms. The van der Waals surface area contributed by atoms with Crippen molar-refractivity contribution >= 4 is 12.4 Å². The fourth-order valence-electron chi connectivity index (χ4n) is 2.63. The Balaban J connectivity index is 0.00000200. The zero-order chi connectivity index (χ0) is 13.7. The monoisotopic (exact) mass is 304 g/mol. The molecule has 0 bridgehead atoms. The van der Waals surface area contributed by atoms with Crippen LogP contribution in [0.5, 0.6) is 0 Å². The molecule has 1 N–H and O–H groups in total. The average Bonchev–Trinajstić information content (AvgIpc) is 2.46. The second kappa shape index (κ2) is 8.55. The van der Waals surface area contributed by atoms with Crippen molar-refractivity contribution < 1.29 is 8.78 Å². The summed E-state index contributed by atoms with van der Waals surface area (Å²) in [5.74, 6) is 0. The first kappa shape index (κ1) is 17.3. The molecule has 0 saturated carbocycles. The van der Waals surface area contributed by atoms with E-state index in [1.54, 1.807) is 0 Å². The zero-order valence-corrected chi connectivity index (χ0v) is 12.6. The summed E-state index contributed by atoms with van der Waals surface area (Å²) in [5, 5.41) is 3.26. The fourth-order valence-corrected chi connectivity index (χ4v) is 2.63. The third-order valence-corrected chi connectivity index (χ3v) is 3.77. The second-order valence-corrected chi connectivity index (χ2v) is 5.02. The molecule has 114 valence electrons. The van der Waals surface area contributed by atoms with E-state index in [1.807, 2.05) is 12.1 Å². The average molecular weight is 305 g/mol. The van der Waals surface area contributed by atoms with Crippen molar-refractivity contribution in [2.45, 2.75) is 32.2 Å². The van der Waals surface area contributed by atoms with Crippen molar-refractivity contribution in [3.05, 3.63) is 35.4 Å². The molecular formula is C15H23ClF2N2. The highest BCUT2D eigenvalue weighted by atomic mass is 35.5. The van der Waals surface area contributed by atoms with Gasteiger partial charge in [-0.25, -0.2) is 8.78 Å². The summed E-state index contributed by atoms with van der Waals surface area (Å²) in [6.45, 7) is 5.54. The van der Waals surface area contributed by atoms with E-state index in [1.165, 1.54) is 5.56 Å². The molecule has 1 heterocycles. The Labute approximate surface area is 126 Å². The highest BCUT2D eigenvalue weighted by Gasteiger charge is 2.25. The number of rotatable bonds is 5. The summed E-state index contributed by atoms with van der Waals surface area (Å²) in [6.07, 6.45) is -1.36. The van der Waals surface area contributed by atoms with Crippen molar-refractivity contribution in [1.29, 1.82) is 0 Å². The lowest BCUT2D eigenvalue weighted by molar-refractivity contribution is 0.0739. The molecule has 1 fully saturated rings. The molecule has 2 rings (SSSR count). The number of alkyl halides is 2. The highest BCUT2D eigenvalue weighted by molar-refractivity contribution is 5.85. The maximum atomic E-state index is 12.8. The van der Waals surface area contributed by atoms with Crippen LogP contribution < -0.4 is 5.32 Å². The van der Waals surface area contributed by atoms with Gasteiger partial charge < -0.3 is 5.32 Å². The third-order valence-electron chi connectivity index (χ3n) is 3.77. The predicted molar refractivity (Wildman–Crippen MR) is 80.9 cm³/mol. The van der Waals surface area contributed by atoms with Gasteiger partial charge in [-0.1, -0.05) is 31.2 Å². The van der Waals surface area contributed by atoms with Crippen molar-refractivity contribution in [2.24, 2.45) is 0 Å². The van der Waals surface area contributed by atoms with E-state index in [0.29, 0.717) is 0 Å². The summed E-state index contributed by atoms with van der Waals surface area (Å²) < 4.78 is 25.7. The van der Waals surface area contributed by atoms with E-state index in [4.69, 9.17) is 0 Å². The van der Waals surface area contributed by atoms with Crippen molar-refractivity contribution in [1.82, 2.24) is 10.2 Å². The Bertz CT molecular complexity index is 378. The maximum absolute atomic E-state index is 12.8. The molecule has 1 aromatic rings. The van der Waals surface area contributed by atoms with Gasteiger partial charge in [-0.3, -0.25) is 4.90 Å². The number of benzene rings is 1. The summed E-state index contributed by atoms with van der Waals surface area (Å²) >= 11 is 0. The SMILES string of the molecule is CCc1ccc([C@@H](CC(F)F)N2CCNCC2)cc1.Cl. The number of halogens is 3. The second-order valence-electron chi connectivity index (χ2n) is 5.02. The predicted octanol–water partition coefficient (Wildman–Crippen LogP) is 3.27. The van der Waals surface area contributed by atoms with E-state index in [9.17, 15) is 8.78 Å². The van der Waals surface area contributed by atoms with Crippen LogP contribution in [0.15, 0.2) is 24.3 Å². The zero-order valence-electron chi connectivity index (χ0n) is 11.8. The number of nitrogens with zero attached hydrogens (tertiary/aromatic N) is 1. The molecule has 1 aliphatic rings. The molecule has 0 aromatic heterocycles. The first-order chi connectivity index (χ1) is 9.20. The lowest BCUT2D eigenvalue weighted by Crippen LogP contribution is -2.45. The van der Waals surface area contributed by atoms with Crippen LogP contribution in [0.25, 0.3) is 0 Å². The normalized spacial score (nSPS) is 17.8. The van der Waals surface area contributed by atoms with Gasteiger partial charge in [0.05, 0.1) is 0 Å². The number of nitrogens with one attached hydrogen (secondary N) is 1. The molecule has 2 nitrogen and oxygen atoms in total. The van der Waals surface area contributed by atoms with Gasteiger partial charge >= 0.3 is 0 Å². The van der Waals surface area contributed by atoms with Crippen molar-refractivity contribution in [3.8, 4) is 0 Å². The van der Waals surface area contributed by atoms with Gasteiger partial charge in [0.15, 0.2) is 0 Å². The standard InChI is InChI=1S/C15H22F2N2.ClH/c1-2-12-3-5-13(6-4-12)14(11-15(16)17)19-9-7-18-8-10-19;/h3-6,14-15,18H,2,7-11H2,1H3;1H/t14-;/m1./s1. The van der Waals surface area contributed by atoms with E-state index < -0.39 is 6.43 Å². The molecule has 1 atom stereocenters. The van der Waals surface area contributed by atoms with Crippen LogP contribution in [0.2, 0.25) is 0 Å². The van der Waals surface area contributed by atoms with Crippen LogP contribution in [0.4, 0.5) is 8.78 Å². The van der Waals surface area contributed by atoms with Gasteiger partial charge in [0.25, 0.3) is 0 Å². The van der Waals surface area contributed by atoms with E-state index >= 15 is 0 Å². The molecule has 0 unspecified atom stereocenters. The Kier molecular flexibility index (Phi) is 7.41. The van der Waals surface area contributed by atoms with Gasteiger partial charge in [-0.15, -0.1) is 12.4 Å². The molecule has 1 aliphatic heterocycles. The minimum absolute atomic E-state index is 0. The number of hydrogen-bond acceptors (Lipinski definition) is 2. The van der Waals surface area contributed by atoms with Gasteiger partial charge in [0.2, 0.25) is 6.43 Å². The Morgan fingerprint density at radius 2 is 1.75 bits per heavy atom.